The van der Waals surface area contributed by atoms with E-state index in [1.54, 1.807) is 7.11 Å². The molecule has 2 rings (SSSR count). The molecular formula is C16H22O2. The van der Waals surface area contributed by atoms with Gasteiger partial charge in [0.1, 0.15) is 17.1 Å². The Balaban J connectivity index is 2.64. The molecular weight excluding hydrogens is 224 g/mol. The molecule has 0 radical (unpaired) electrons. The number of ether oxygens (including phenoxy) is 2. The van der Waals surface area contributed by atoms with E-state index in [-0.39, 0.29) is 11.0 Å². The van der Waals surface area contributed by atoms with Crippen LogP contribution < -0.4 is 9.47 Å². The maximum atomic E-state index is 6.13. The van der Waals surface area contributed by atoms with E-state index in [2.05, 4.69) is 52.8 Å². The molecule has 98 valence electrons. The van der Waals surface area contributed by atoms with Crippen molar-refractivity contribution in [1.29, 1.82) is 0 Å². The zero-order valence-electron chi connectivity index (χ0n) is 12.1. The summed E-state index contributed by atoms with van der Waals surface area (Å²) in [4.78, 5) is 0. The van der Waals surface area contributed by atoms with E-state index >= 15 is 0 Å². The summed E-state index contributed by atoms with van der Waals surface area (Å²) in [7, 11) is 1.70. The fourth-order valence-corrected chi connectivity index (χ4v) is 2.12. The van der Waals surface area contributed by atoms with Crippen molar-refractivity contribution in [3.63, 3.8) is 0 Å². The average Bonchev–Trinajstić information content (AvgIpc) is 2.25. The first kappa shape index (κ1) is 13.0. The molecule has 1 aromatic carbocycles. The quantitative estimate of drug-likeness (QED) is 0.740. The van der Waals surface area contributed by atoms with Gasteiger partial charge in [0.25, 0.3) is 0 Å². The van der Waals surface area contributed by atoms with Crippen LogP contribution in [0.2, 0.25) is 0 Å². The molecule has 18 heavy (non-hydrogen) atoms. The van der Waals surface area contributed by atoms with Gasteiger partial charge in [-0.1, -0.05) is 26.8 Å². The highest BCUT2D eigenvalue weighted by Gasteiger charge is 2.29. The number of methoxy groups -OCH3 is 1. The summed E-state index contributed by atoms with van der Waals surface area (Å²) in [6.45, 7) is 10.7. The molecule has 1 aromatic rings. The van der Waals surface area contributed by atoms with Crippen molar-refractivity contribution < 1.29 is 9.47 Å². The van der Waals surface area contributed by atoms with Gasteiger partial charge in [-0.2, -0.15) is 0 Å². The van der Waals surface area contributed by atoms with Crippen LogP contribution in [0.1, 0.15) is 45.7 Å². The van der Waals surface area contributed by atoms with E-state index in [1.165, 1.54) is 5.56 Å². The van der Waals surface area contributed by atoms with Gasteiger partial charge >= 0.3 is 0 Å². The molecule has 2 nitrogen and oxygen atoms in total. The Kier molecular flexibility index (Phi) is 2.92. The Hall–Kier alpha value is -1.44. The number of rotatable bonds is 1. The molecule has 0 atom stereocenters. The fraction of sp³-hybridized carbons (Fsp3) is 0.500. The minimum atomic E-state index is -0.248. The SMILES string of the molecule is COc1cc2c(c(C(C)(C)C)c1)OC(C)(C)C=C2. The Labute approximate surface area is 110 Å². The third-order valence-electron chi connectivity index (χ3n) is 3.16. The minimum Gasteiger partial charge on any atom is -0.497 e. The summed E-state index contributed by atoms with van der Waals surface area (Å²) < 4.78 is 11.5. The standard InChI is InChI=1S/C16H22O2/c1-15(2,3)13-10-12(17-6)9-11-7-8-16(4,5)18-14(11)13/h7-10H,1-6H3. The zero-order valence-corrected chi connectivity index (χ0v) is 12.1. The summed E-state index contributed by atoms with van der Waals surface area (Å²) in [5, 5.41) is 0. The Morgan fingerprint density at radius 1 is 1.17 bits per heavy atom. The van der Waals surface area contributed by atoms with Crippen molar-refractivity contribution >= 4 is 6.08 Å². The molecule has 0 saturated carbocycles. The molecule has 0 amide bonds. The molecule has 0 aliphatic carbocycles. The van der Waals surface area contributed by atoms with Crippen molar-refractivity contribution in [2.45, 2.75) is 45.6 Å². The Bertz CT molecular complexity index is 491. The lowest BCUT2D eigenvalue weighted by molar-refractivity contribution is 0.155. The van der Waals surface area contributed by atoms with Gasteiger partial charge in [0.05, 0.1) is 7.11 Å². The van der Waals surface area contributed by atoms with E-state index < -0.39 is 0 Å². The summed E-state index contributed by atoms with van der Waals surface area (Å²) in [6.07, 6.45) is 4.21. The molecule has 0 saturated heterocycles. The van der Waals surface area contributed by atoms with Gasteiger partial charge in [0.2, 0.25) is 0 Å². The minimum absolute atomic E-state index is 0.0277. The largest absolute Gasteiger partial charge is 0.497 e. The lowest BCUT2D eigenvalue weighted by Crippen LogP contribution is -2.29. The first-order valence-corrected chi connectivity index (χ1v) is 6.34. The third-order valence-corrected chi connectivity index (χ3v) is 3.16. The van der Waals surface area contributed by atoms with E-state index in [0.29, 0.717) is 0 Å². The van der Waals surface area contributed by atoms with Crippen molar-refractivity contribution in [1.82, 2.24) is 0 Å². The van der Waals surface area contributed by atoms with Crippen molar-refractivity contribution in [2.75, 3.05) is 7.11 Å². The lowest BCUT2D eigenvalue weighted by Gasteiger charge is -2.33. The topological polar surface area (TPSA) is 18.5 Å². The Morgan fingerprint density at radius 2 is 1.83 bits per heavy atom. The number of benzene rings is 1. The molecule has 0 spiro atoms. The van der Waals surface area contributed by atoms with Crippen LogP contribution in [-0.2, 0) is 5.41 Å². The van der Waals surface area contributed by atoms with E-state index in [1.807, 2.05) is 6.07 Å². The van der Waals surface area contributed by atoms with Gasteiger partial charge < -0.3 is 9.47 Å². The normalized spacial score (nSPS) is 17.0. The van der Waals surface area contributed by atoms with Gasteiger partial charge in [0.15, 0.2) is 0 Å². The monoisotopic (exact) mass is 246 g/mol. The second-order valence-electron chi connectivity index (χ2n) is 6.38. The smallest absolute Gasteiger partial charge is 0.131 e. The molecule has 1 heterocycles. The van der Waals surface area contributed by atoms with Gasteiger partial charge in [-0.05, 0) is 37.5 Å². The number of hydrogen-bond acceptors (Lipinski definition) is 2. The predicted molar refractivity (Wildman–Crippen MR) is 75.4 cm³/mol. The number of fused-ring (bicyclic) bond motifs is 1. The van der Waals surface area contributed by atoms with E-state index in [9.17, 15) is 0 Å². The molecule has 0 aromatic heterocycles. The van der Waals surface area contributed by atoms with Crippen LogP contribution in [0.5, 0.6) is 11.5 Å². The van der Waals surface area contributed by atoms with Gasteiger partial charge in [-0.25, -0.2) is 0 Å². The van der Waals surface area contributed by atoms with E-state index in [4.69, 9.17) is 9.47 Å². The average molecular weight is 246 g/mol. The molecule has 0 N–H and O–H groups in total. The second kappa shape index (κ2) is 4.04. The van der Waals surface area contributed by atoms with Gasteiger partial charge in [-0.15, -0.1) is 0 Å². The molecule has 1 aliphatic heterocycles. The van der Waals surface area contributed by atoms with Gasteiger partial charge in [-0.3, -0.25) is 0 Å². The van der Waals surface area contributed by atoms with Crippen molar-refractivity contribution in [2.24, 2.45) is 0 Å². The Morgan fingerprint density at radius 3 is 2.39 bits per heavy atom. The maximum Gasteiger partial charge on any atom is 0.131 e. The third kappa shape index (κ3) is 2.38. The predicted octanol–water partition coefficient (Wildman–Crippen LogP) is 4.18. The van der Waals surface area contributed by atoms with Gasteiger partial charge in [0, 0.05) is 11.1 Å². The van der Waals surface area contributed by atoms with Crippen LogP contribution in [0.15, 0.2) is 18.2 Å². The van der Waals surface area contributed by atoms with Crippen LogP contribution in [0.4, 0.5) is 0 Å². The van der Waals surface area contributed by atoms with Crippen molar-refractivity contribution in [3.8, 4) is 11.5 Å². The first-order valence-electron chi connectivity index (χ1n) is 6.34. The van der Waals surface area contributed by atoms with E-state index in [0.717, 1.165) is 17.1 Å². The van der Waals surface area contributed by atoms with Crippen LogP contribution in [-0.4, -0.2) is 12.7 Å². The molecule has 0 bridgehead atoms. The highest BCUT2D eigenvalue weighted by atomic mass is 16.5. The molecule has 1 aliphatic rings. The highest BCUT2D eigenvalue weighted by Crippen LogP contribution is 2.42. The molecule has 0 fully saturated rings. The summed E-state index contributed by atoms with van der Waals surface area (Å²) in [5.74, 6) is 1.86. The molecule has 2 heteroatoms. The van der Waals surface area contributed by atoms with Crippen LogP contribution in [0.3, 0.4) is 0 Å². The fourth-order valence-electron chi connectivity index (χ4n) is 2.12. The summed E-state index contributed by atoms with van der Waals surface area (Å²) >= 11 is 0. The number of hydrogen-bond donors (Lipinski definition) is 0. The van der Waals surface area contributed by atoms with Crippen LogP contribution in [0, 0.1) is 0 Å². The van der Waals surface area contributed by atoms with Crippen LogP contribution >= 0.6 is 0 Å². The highest BCUT2D eigenvalue weighted by molar-refractivity contribution is 5.66. The zero-order chi connectivity index (χ0) is 13.6. The second-order valence-corrected chi connectivity index (χ2v) is 6.38. The molecule has 0 unspecified atom stereocenters. The lowest BCUT2D eigenvalue weighted by atomic mass is 9.84. The maximum absolute atomic E-state index is 6.13. The van der Waals surface area contributed by atoms with Crippen molar-refractivity contribution in [3.05, 3.63) is 29.3 Å². The summed E-state index contributed by atoms with van der Waals surface area (Å²) in [6, 6.07) is 4.10. The van der Waals surface area contributed by atoms with Crippen LogP contribution in [0.25, 0.3) is 6.08 Å². The first-order chi connectivity index (χ1) is 8.23. The summed E-state index contributed by atoms with van der Waals surface area (Å²) in [5.41, 5.74) is 2.06.